The molecule has 0 N–H and O–H groups in total. The minimum Gasteiger partial charge on any atom is -0.479 e. The second kappa shape index (κ2) is 8.08. The Balaban J connectivity index is 1.77. The van der Waals surface area contributed by atoms with Gasteiger partial charge in [0.05, 0.1) is 0 Å². The fraction of sp³-hybridized carbons (Fsp3) is 0.273. The molecule has 0 bridgehead atoms. The molecule has 0 radical (unpaired) electrons. The number of aryl methyl sites for hydroxylation is 2. The first-order chi connectivity index (χ1) is 13.0. The number of esters is 1. The molecule has 0 fully saturated rings. The zero-order valence-corrected chi connectivity index (χ0v) is 15.7. The van der Waals surface area contributed by atoms with E-state index in [0.717, 1.165) is 29.4 Å². The van der Waals surface area contributed by atoms with Crippen LogP contribution in [0, 0.1) is 6.92 Å². The van der Waals surface area contributed by atoms with Crippen LogP contribution in [-0.4, -0.2) is 12.1 Å². The van der Waals surface area contributed by atoms with Crippen molar-refractivity contribution < 1.29 is 18.7 Å². The third-order valence-corrected chi connectivity index (χ3v) is 4.17. The fourth-order valence-electron chi connectivity index (χ4n) is 2.89. The average Bonchev–Trinajstić information content (AvgIpc) is 2.61. The number of carbonyl (C=O) groups is 1. The summed E-state index contributed by atoms with van der Waals surface area (Å²) in [5.74, 6) is 0.389. The maximum Gasteiger partial charge on any atom is 0.352 e. The molecule has 1 heterocycles. The van der Waals surface area contributed by atoms with E-state index in [1.807, 2.05) is 32.0 Å². The second-order valence-electron chi connectivity index (χ2n) is 6.50. The standard InChI is InChI=1S/C22H22O5/c1-4-6-16-12-21(23)27-20-13-18(9-10-19(16)20)26-22(24)15(3)25-17-8-5-7-14(2)11-17/h5,7-13,15H,4,6H2,1-3H3/t15-/m1/s1. The van der Waals surface area contributed by atoms with Crippen LogP contribution >= 0.6 is 0 Å². The summed E-state index contributed by atoms with van der Waals surface area (Å²) in [6.07, 6.45) is 0.923. The van der Waals surface area contributed by atoms with E-state index in [9.17, 15) is 9.59 Å². The molecule has 0 spiro atoms. The van der Waals surface area contributed by atoms with Gasteiger partial charge in [0, 0.05) is 17.5 Å². The Kier molecular flexibility index (Phi) is 5.60. The van der Waals surface area contributed by atoms with Crippen molar-refractivity contribution in [3.05, 3.63) is 70.1 Å². The Morgan fingerprint density at radius 1 is 1.11 bits per heavy atom. The molecule has 1 atom stereocenters. The smallest absolute Gasteiger partial charge is 0.352 e. The molecule has 0 aliphatic rings. The van der Waals surface area contributed by atoms with Crippen molar-refractivity contribution in [2.75, 3.05) is 0 Å². The molecule has 27 heavy (non-hydrogen) atoms. The summed E-state index contributed by atoms with van der Waals surface area (Å²) in [7, 11) is 0. The Morgan fingerprint density at radius 3 is 2.67 bits per heavy atom. The fourth-order valence-corrected chi connectivity index (χ4v) is 2.89. The maximum absolute atomic E-state index is 12.3. The molecule has 0 saturated heterocycles. The highest BCUT2D eigenvalue weighted by Gasteiger charge is 2.18. The molecule has 0 unspecified atom stereocenters. The third kappa shape index (κ3) is 4.56. The summed E-state index contributed by atoms with van der Waals surface area (Å²) in [4.78, 5) is 24.1. The summed E-state index contributed by atoms with van der Waals surface area (Å²) in [5.41, 5.74) is 1.97. The Bertz CT molecular complexity index is 1020. The van der Waals surface area contributed by atoms with Crippen molar-refractivity contribution in [3.8, 4) is 11.5 Å². The van der Waals surface area contributed by atoms with Gasteiger partial charge in [0.2, 0.25) is 0 Å². The minimum absolute atomic E-state index is 0.309. The van der Waals surface area contributed by atoms with Crippen LogP contribution in [-0.2, 0) is 11.2 Å². The molecular weight excluding hydrogens is 344 g/mol. The van der Waals surface area contributed by atoms with Crippen LogP contribution in [0.4, 0.5) is 0 Å². The lowest BCUT2D eigenvalue weighted by molar-refractivity contribution is -0.141. The van der Waals surface area contributed by atoms with Gasteiger partial charge in [-0.25, -0.2) is 9.59 Å². The van der Waals surface area contributed by atoms with Crippen LogP contribution in [0.1, 0.15) is 31.4 Å². The molecule has 0 aliphatic heterocycles. The van der Waals surface area contributed by atoms with Crippen LogP contribution in [0.3, 0.4) is 0 Å². The molecule has 5 heteroatoms. The first kappa shape index (κ1) is 18.7. The first-order valence-corrected chi connectivity index (χ1v) is 8.98. The predicted molar refractivity (Wildman–Crippen MR) is 103 cm³/mol. The van der Waals surface area contributed by atoms with E-state index < -0.39 is 17.7 Å². The predicted octanol–water partition coefficient (Wildman–Crippen LogP) is 4.43. The van der Waals surface area contributed by atoms with Gasteiger partial charge < -0.3 is 13.9 Å². The zero-order chi connectivity index (χ0) is 19.4. The molecule has 140 valence electrons. The van der Waals surface area contributed by atoms with Crippen LogP contribution in [0.5, 0.6) is 11.5 Å². The van der Waals surface area contributed by atoms with Gasteiger partial charge in [-0.1, -0.05) is 25.5 Å². The number of carbonyl (C=O) groups excluding carboxylic acids is 1. The average molecular weight is 366 g/mol. The lowest BCUT2D eigenvalue weighted by Crippen LogP contribution is -2.28. The number of ether oxygens (including phenoxy) is 2. The van der Waals surface area contributed by atoms with Crippen LogP contribution < -0.4 is 15.1 Å². The van der Waals surface area contributed by atoms with Crippen molar-refractivity contribution in [1.29, 1.82) is 0 Å². The van der Waals surface area contributed by atoms with Crippen molar-refractivity contribution in [1.82, 2.24) is 0 Å². The van der Waals surface area contributed by atoms with E-state index in [4.69, 9.17) is 13.9 Å². The monoisotopic (exact) mass is 366 g/mol. The van der Waals surface area contributed by atoms with E-state index in [-0.39, 0.29) is 0 Å². The van der Waals surface area contributed by atoms with Crippen molar-refractivity contribution in [2.45, 2.75) is 39.7 Å². The van der Waals surface area contributed by atoms with Gasteiger partial charge in [-0.3, -0.25) is 0 Å². The SMILES string of the molecule is CCCc1cc(=O)oc2cc(OC(=O)[C@@H](C)Oc3cccc(C)c3)ccc12. The second-order valence-corrected chi connectivity index (χ2v) is 6.50. The molecule has 0 aliphatic carbocycles. The van der Waals surface area contributed by atoms with Gasteiger partial charge in [0.1, 0.15) is 17.1 Å². The highest BCUT2D eigenvalue weighted by molar-refractivity contribution is 5.83. The topological polar surface area (TPSA) is 65.7 Å². The first-order valence-electron chi connectivity index (χ1n) is 8.98. The van der Waals surface area contributed by atoms with E-state index in [0.29, 0.717) is 17.1 Å². The van der Waals surface area contributed by atoms with Crippen LogP contribution in [0.15, 0.2) is 57.7 Å². The van der Waals surface area contributed by atoms with Gasteiger partial charge in [0.25, 0.3) is 0 Å². The van der Waals surface area contributed by atoms with Gasteiger partial charge in [-0.15, -0.1) is 0 Å². The largest absolute Gasteiger partial charge is 0.479 e. The Hall–Kier alpha value is -3.08. The maximum atomic E-state index is 12.3. The molecule has 3 aromatic rings. The Labute approximate surface area is 157 Å². The van der Waals surface area contributed by atoms with Crippen LogP contribution in [0.25, 0.3) is 11.0 Å². The van der Waals surface area contributed by atoms with Crippen molar-refractivity contribution in [2.24, 2.45) is 0 Å². The number of fused-ring (bicyclic) bond motifs is 1. The van der Waals surface area contributed by atoms with E-state index in [2.05, 4.69) is 0 Å². The summed E-state index contributed by atoms with van der Waals surface area (Å²) < 4.78 is 16.3. The van der Waals surface area contributed by atoms with E-state index in [1.54, 1.807) is 31.2 Å². The number of rotatable bonds is 6. The third-order valence-electron chi connectivity index (χ3n) is 4.17. The quantitative estimate of drug-likeness (QED) is 0.367. The summed E-state index contributed by atoms with van der Waals surface area (Å²) in [5, 5.41) is 0.848. The highest BCUT2D eigenvalue weighted by Crippen LogP contribution is 2.24. The van der Waals surface area contributed by atoms with Crippen LogP contribution in [0.2, 0.25) is 0 Å². The number of hydrogen-bond donors (Lipinski definition) is 0. The summed E-state index contributed by atoms with van der Waals surface area (Å²) in [6, 6.07) is 14.0. The molecule has 1 aromatic heterocycles. The molecule has 0 saturated carbocycles. The zero-order valence-electron chi connectivity index (χ0n) is 15.7. The van der Waals surface area contributed by atoms with Crippen molar-refractivity contribution in [3.63, 3.8) is 0 Å². The minimum atomic E-state index is -0.777. The molecule has 2 aromatic carbocycles. The molecule has 3 rings (SSSR count). The van der Waals surface area contributed by atoms with Gasteiger partial charge in [-0.2, -0.15) is 0 Å². The highest BCUT2D eigenvalue weighted by atomic mass is 16.6. The van der Waals surface area contributed by atoms with Gasteiger partial charge in [0.15, 0.2) is 6.10 Å². The van der Waals surface area contributed by atoms with E-state index in [1.165, 1.54) is 6.07 Å². The lowest BCUT2D eigenvalue weighted by Gasteiger charge is -2.14. The van der Waals surface area contributed by atoms with Gasteiger partial charge in [-0.05, 0) is 55.7 Å². The molecular formula is C22H22O5. The van der Waals surface area contributed by atoms with E-state index >= 15 is 0 Å². The Morgan fingerprint density at radius 2 is 1.93 bits per heavy atom. The summed E-state index contributed by atoms with van der Waals surface area (Å²) in [6.45, 7) is 5.63. The molecule has 0 amide bonds. The lowest BCUT2D eigenvalue weighted by atomic mass is 10.1. The van der Waals surface area contributed by atoms with Crippen molar-refractivity contribution >= 4 is 16.9 Å². The molecule has 5 nitrogen and oxygen atoms in total. The normalized spacial score (nSPS) is 12.0. The number of benzene rings is 2. The number of hydrogen-bond acceptors (Lipinski definition) is 5. The van der Waals surface area contributed by atoms with Gasteiger partial charge >= 0.3 is 11.6 Å². The summed E-state index contributed by atoms with van der Waals surface area (Å²) >= 11 is 0.